The lowest BCUT2D eigenvalue weighted by Crippen LogP contribution is -2.50. The van der Waals surface area contributed by atoms with Gasteiger partial charge in [0.2, 0.25) is 0 Å². The highest BCUT2D eigenvalue weighted by Gasteiger charge is 2.35. The summed E-state index contributed by atoms with van der Waals surface area (Å²) in [7, 11) is 5.44. The SMILES string of the molecule is COc1cc([N+](=O)[O-])cnc1O[C@H]1CC[C@@H]1N(C)C. The average molecular weight is 267 g/mol. The van der Waals surface area contributed by atoms with Crippen LogP contribution >= 0.6 is 0 Å². The molecule has 2 atom stereocenters. The molecule has 0 bridgehead atoms. The Morgan fingerprint density at radius 2 is 2.21 bits per heavy atom. The Labute approximate surface area is 111 Å². The van der Waals surface area contributed by atoms with Crippen LogP contribution in [0.5, 0.6) is 11.6 Å². The van der Waals surface area contributed by atoms with Gasteiger partial charge in [0.15, 0.2) is 5.75 Å². The number of pyridine rings is 1. The molecule has 0 amide bonds. The number of methoxy groups -OCH3 is 1. The number of hydrogen-bond donors (Lipinski definition) is 0. The lowest BCUT2D eigenvalue weighted by Gasteiger charge is -2.40. The third-order valence-corrected chi connectivity index (χ3v) is 3.34. The highest BCUT2D eigenvalue weighted by molar-refractivity contribution is 5.42. The van der Waals surface area contributed by atoms with Gasteiger partial charge in [-0.25, -0.2) is 4.98 Å². The minimum absolute atomic E-state index is 0.0536. The summed E-state index contributed by atoms with van der Waals surface area (Å²) in [6, 6.07) is 1.67. The highest BCUT2D eigenvalue weighted by atomic mass is 16.6. The van der Waals surface area contributed by atoms with Crippen LogP contribution in [-0.2, 0) is 0 Å². The van der Waals surface area contributed by atoms with E-state index >= 15 is 0 Å². The number of ether oxygens (including phenoxy) is 2. The van der Waals surface area contributed by atoms with Gasteiger partial charge in [0.05, 0.1) is 18.1 Å². The van der Waals surface area contributed by atoms with Crippen LogP contribution in [0.2, 0.25) is 0 Å². The summed E-state index contributed by atoms with van der Waals surface area (Å²) in [6.45, 7) is 0. The van der Waals surface area contributed by atoms with E-state index in [1.54, 1.807) is 0 Å². The molecule has 0 aromatic carbocycles. The van der Waals surface area contributed by atoms with Crippen molar-refractivity contribution in [2.45, 2.75) is 25.0 Å². The smallest absolute Gasteiger partial charge is 0.291 e. The molecule has 1 heterocycles. The van der Waals surface area contributed by atoms with E-state index in [2.05, 4.69) is 9.88 Å². The second-order valence-corrected chi connectivity index (χ2v) is 4.72. The molecular weight excluding hydrogens is 250 g/mol. The zero-order chi connectivity index (χ0) is 14.0. The molecule has 7 nitrogen and oxygen atoms in total. The summed E-state index contributed by atoms with van der Waals surface area (Å²) in [5, 5.41) is 10.7. The third-order valence-electron chi connectivity index (χ3n) is 3.34. The van der Waals surface area contributed by atoms with Crippen LogP contribution < -0.4 is 9.47 Å². The standard InChI is InChI=1S/C12H17N3O4/c1-14(2)9-4-5-10(9)19-12-11(18-3)6-8(7-13-12)15(16)17/h6-7,9-10H,4-5H2,1-3H3/t9-,10-/m0/s1. The molecule has 1 aromatic heterocycles. The molecule has 104 valence electrons. The maximum atomic E-state index is 10.7. The minimum Gasteiger partial charge on any atom is -0.491 e. The van der Waals surface area contributed by atoms with Gasteiger partial charge in [-0.1, -0.05) is 0 Å². The summed E-state index contributed by atoms with van der Waals surface area (Å²) in [5.41, 5.74) is -0.109. The molecule has 0 unspecified atom stereocenters. The maximum Gasteiger partial charge on any atom is 0.291 e. The molecule has 0 aliphatic heterocycles. The van der Waals surface area contributed by atoms with Crippen LogP contribution in [0, 0.1) is 10.1 Å². The molecule has 1 saturated carbocycles. The van der Waals surface area contributed by atoms with Gasteiger partial charge in [-0.05, 0) is 26.9 Å². The van der Waals surface area contributed by atoms with Crippen molar-refractivity contribution in [2.75, 3.05) is 21.2 Å². The fourth-order valence-corrected chi connectivity index (χ4v) is 2.08. The topological polar surface area (TPSA) is 77.7 Å². The van der Waals surface area contributed by atoms with Gasteiger partial charge in [0.25, 0.3) is 11.6 Å². The quantitative estimate of drug-likeness (QED) is 0.594. The van der Waals surface area contributed by atoms with Crippen molar-refractivity contribution in [3.8, 4) is 11.6 Å². The second kappa shape index (κ2) is 5.40. The van der Waals surface area contributed by atoms with Gasteiger partial charge in [-0.15, -0.1) is 0 Å². The summed E-state index contributed by atoms with van der Waals surface area (Å²) >= 11 is 0. The van der Waals surface area contributed by atoms with Crippen molar-refractivity contribution in [1.29, 1.82) is 0 Å². The van der Waals surface area contributed by atoms with Crippen molar-refractivity contribution in [2.24, 2.45) is 0 Å². The Morgan fingerprint density at radius 3 is 2.68 bits per heavy atom. The zero-order valence-electron chi connectivity index (χ0n) is 11.2. The van der Waals surface area contributed by atoms with Crippen LogP contribution in [0.3, 0.4) is 0 Å². The van der Waals surface area contributed by atoms with Gasteiger partial charge >= 0.3 is 0 Å². The van der Waals surface area contributed by atoms with E-state index in [0.717, 1.165) is 12.8 Å². The summed E-state index contributed by atoms with van der Waals surface area (Å²) in [5.74, 6) is 0.600. The van der Waals surface area contributed by atoms with Gasteiger partial charge < -0.3 is 14.4 Å². The second-order valence-electron chi connectivity index (χ2n) is 4.72. The highest BCUT2D eigenvalue weighted by Crippen LogP contribution is 2.34. The molecule has 19 heavy (non-hydrogen) atoms. The van der Waals surface area contributed by atoms with Crippen LogP contribution in [-0.4, -0.2) is 48.2 Å². The van der Waals surface area contributed by atoms with Crippen molar-refractivity contribution >= 4 is 5.69 Å². The Hall–Kier alpha value is -1.89. The number of likely N-dealkylation sites (N-methyl/N-ethyl adjacent to an activating group) is 1. The first kappa shape index (κ1) is 13.5. The van der Waals surface area contributed by atoms with Crippen LogP contribution in [0.15, 0.2) is 12.3 Å². The van der Waals surface area contributed by atoms with Gasteiger partial charge in [0, 0.05) is 6.04 Å². The molecular formula is C12H17N3O4. The molecule has 1 aromatic rings. The lowest BCUT2D eigenvalue weighted by atomic mass is 9.88. The summed E-state index contributed by atoms with van der Waals surface area (Å²) in [4.78, 5) is 16.2. The molecule has 2 rings (SSSR count). The molecule has 0 radical (unpaired) electrons. The molecule has 0 spiro atoms. The first-order chi connectivity index (χ1) is 9.02. The molecule has 7 heteroatoms. The van der Waals surface area contributed by atoms with Crippen molar-refractivity contribution in [3.63, 3.8) is 0 Å². The maximum absolute atomic E-state index is 10.7. The minimum atomic E-state index is -0.509. The largest absolute Gasteiger partial charge is 0.491 e. The number of hydrogen-bond acceptors (Lipinski definition) is 6. The molecule has 1 aliphatic rings. The van der Waals surface area contributed by atoms with Crippen molar-refractivity contribution < 1.29 is 14.4 Å². The molecule has 0 N–H and O–H groups in total. The number of rotatable bonds is 5. The van der Waals surface area contributed by atoms with Gasteiger partial charge in [-0.2, -0.15) is 0 Å². The first-order valence-corrected chi connectivity index (χ1v) is 6.04. The number of nitrogens with zero attached hydrogens (tertiary/aromatic N) is 3. The van der Waals surface area contributed by atoms with Crippen molar-refractivity contribution in [3.05, 3.63) is 22.4 Å². The predicted molar refractivity (Wildman–Crippen MR) is 68.6 cm³/mol. The van der Waals surface area contributed by atoms with E-state index < -0.39 is 4.92 Å². The Bertz CT molecular complexity index is 478. The van der Waals surface area contributed by atoms with E-state index in [-0.39, 0.29) is 11.8 Å². The number of nitro groups is 1. The average Bonchev–Trinajstić information content (AvgIpc) is 2.33. The Balaban J connectivity index is 2.14. The fraction of sp³-hybridized carbons (Fsp3) is 0.583. The molecule has 1 fully saturated rings. The van der Waals surface area contributed by atoms with E-state index in [4.69, 9.17) is 9.47 Å². The summed E-state index contributed by atoms with van der Waals surface area (Å²) in [6.07, 6.45) is 3.26. The predicted octanol–water partition coefficient (Wildman–Crippen LogP) is 1.47. The molecule has 0 saturated heterocycles. The van der Waals surface area contributed by atoms with E-state index in [9.17, 15) is 10.1 Å². The van der Waals surface area contributed by atoms with E-state index in [1.165, 1.54) is 19.4 Å². The number of aromatic nitrogens is 1. The van der Waals surface area contributed by atoms with Crippen molar-refractivity contribution in [1.82, 2.24) is 9.88 Å². The zero-order valence-corrected chi connectivity index (χ0v) is 11.2. The van der Waals surface area contributed by atoms with Gasteiger partial charge in [0.1, 0.15) is 12.3 Å². The lowest BCUT2D eigenvalue weighted by molar-refractivity contribution is -0.385. The molecule has 1 aliphatic carbocycles. The Morgan fingerprint density at radius 1 is 1.47 bits per heavy atom. The van der Waals surface area contributed by atoms with Crippen LogP contribution in [0.25, 0.3) is 0 Å². The Kier molecular flexibility index (Phi) is 3.84. The first-order valence-electron chi connectivity index (χ1n) is 6.04. The fourth-order valence-electron chi connectivity index (χ4n) is 2.08. The van der Waals surface area contributed by atoms with Crippen LogP contribution in [0.1, 0.15) is 12.8 Å². The van der Waals surface area contributed by atoms with E-state index in [0.29, 0.717) is 17.7 Å². The third kappa shape index (κ3) is 2.76. The van der Waals surface area contributed by atoms with E-state index in [1.807, 2.05) is 14.1 Å². The van der Waals surface area contributed by atoms with Crippen LogP contribution in [0.4, 0.5) is 5.69 Å². The van der Waals surface area contributed by atoms with Gasteiger partial charge in [-0.3, -0.25) is 10.1 Å². The normalized spacial score (nSPS) is 21.9. The summed E-state index contributed by atoms with van der Waals surface area (Å²) < 4.78 is 10.9. The monoisotopic (exact) mass is 267 g/mol.